The predicted molar refractivity (Wildman–Crippen MR) is 123 cm³/mol. The van der Waals surface area contributed by atoms with Crippen LogP contribution in [0.5, 0.6) is 0 Å². The van der Waals surface area contributed by atoms with Crippen molar-refractivity contribution in [3.63, 3.8) is 0 Å². The second-order valence-corrected chi connectivity index (χ2v) is 8.58. The SMILES string of the molecule is Nc1ccc2c(c1)Cc1cc(Nc3cccc4c3Nc3ccccc3S4)ccc1-2. The highest BCUT2D eigenvalue weighted by molar-refractivity contribution is 7.99. The number of nitrogens with one attached hydrogen (secondary N) is 2. The fourth-order valence-corrected chi connectivity index (χ4v) is 5.25. The van der Waals surface area contributed by atoms with Crippen LogP contribution in [0.2, 0.25) is 0 Å². The van der Waals surface area contributed by atoms with E-state index >= 15 is 0 Å². The molecule has 140 valence electrons. The van der Waals surface area contributed by atoms with Gasteiger partial charge in [-0.25, -0.2) is 0 Å². The van der Waals surface area contributed by atoms with Gasteiger partial charge in [0.1, 0.15) is 0 Å². The number of fused-ring (bicyclic) bond motifs is 5. The Morgan fingerprint density at radius 1 is 0.793 bits per heavy atom. The molecule has 0 atom stereocenters. The first-order chi connectivity index (χ1) is 14.2. The summed E-state index contributed by atoms with van der Waals surface area (Å²) in [5.74, 6) is 0. The number of anilines is 5. The summed E-state index contributed by atoms with van der Waals surface area (Å²) in [7, 11) is 0. The lowest BCUT2D eigenvalue weighted by Gasteiger charge is -2.23. The van der Waals surface area contributed by atoms with E-state index < -0.39 is 0 Å². The van der Waals surface area contributed by atoms with Crippen molar-refractivity contribution in [1.29, 1.82) is 0 Å². The van der Waals surface area contributed by atoms with Crippen LogP contribution in [0, 0.1) is 0 Å². The summed E-state index contributed by atoms with van der Waals surface area (Å²) >= 11 is 1.81. The summed E-state index contributed by atoms with van der Waals surface area (Å²) in [4.78, 5) is 2.49. The van der Waals surface area contributed by atoms with Crippen LogP contribution in [0.3, 0.4) is 0 Å². The Morgan fingerprint density at radius 2 is 1.59 bits per heavy atom. The summed E-state index contributed by atoms with van der Waals surface area (Å²) in [6.45, 7) is 0. The molecule has 4 heteroatoms. The first kappa shape index (κ1) is 16.6. The van der Waals surface area contributed by atoms with E-state index in [0.29, 0.717) is 0 Å². The van der Waals surface area contributed by atoms with E-state index in [1.807, 2.05) is 6.07 Å². The molecule has 0 unspecified atom stereocenters. The normalized spacial score (nSPS) is 13.0. The van der Waals surface area contributed by atoms with Crippen molar-refractivity contribution < 1.29 is 0 Å². The Balaban J connectivity index is 1.33. The Hall–Kier alpha value is -3.37. The average Bonchev–Trinajstić information content (AvgIpc) is 3.09. The van der Waals surface area contributed by atoms with E-state index in [1.54, 1.807) is 11.8 Å². The Labute approximate surface area is 174 Å². The van der Waals surface area contributed by atoms with E-state index in [4.69, 9.17) is 5.73 Å². The van der Waals surface area contributed by atoms with Crippen molar-refractivity contribution in [3.8, 4) is 11.1 Å². The minimum absolute atomic E-state index is 0.828. The summed E-state index contributed by atoms with van der Waals surface area (Å²) in [6, 6.07) is 27.7. The second kappa shape index (κ2) is 6.33. The van der Waals surface area contributed by atoms with E-state index in [0.717, 1.165) is 34.9 Å². The minimum atomic E-state index is 0.828. The van der Waals surface area contributed by atoms with Crippen molar-refractivity contribution in [2.75, 3.05) is 16.4 Å². The molecule has 0 saturated carbocycles. The molecule has 0 saturated heterocycles. The highest BCUT2D eigenvalue weighted by Crippen LogP contribution is 2.47. The van der Waals surface area contributed by atoms with Crippen LogP contribution in [0.25, 0.3) is 11.1 Å². The molecule has 0 amide bonds. The number of nitrogen functional groups attached to an aromatic ring is 1. The largest absolute Gasteiger partial charge is 0.399 e. The average molecular weight is 394 g/mol. The van der Waals surface area contributed by atoms with Gasteiger partial charge in [0.2, 0.25) is 0 Å². The van der Waals surface area contributed by atoms with E-state index in [-0.39, 0.29) is 0 Å². The maximum atomic E-state index is 5.98. The van der Waals surface area contributed by atoms with Crippen LogP contribution in [0.4, 0.5) is 28.4 Å². The third kappa shape index (κ3) is 2.76. The second-order valence-electron chi connectivity index (χ2n) is 7.49. The van der Waals surface area contributed by atoms with Gasteiger partial charge in [-0.2, -0.15) is 0 Å². The molecular formula is C25H19N3S. The van der Waals surface area contributed by atoms with Crippen LogP contribution < -0.4 is 16.4 Å². The van der Waals surface area contributed by atoms with Crippen LogP contribution in [0.15, 0.2) is 88.7 Å². The van der Waals surface area contributed by atoms with Gasteiger partial charge < -0.3 is 16.4 Å². The van der Waals surface area contributed by atoms with Gasteiger partial charge in [0, 0.05) is 21.2 Å². The molecule has 4 aromatic rings. The van der Waals surface area contributed by atoms with Crippen molar-refractivity contribution in [2.24, 2.45) is 0 Å². The molecule has 0 aromatic heterocycles. The third-order valence-corrected chi connectivity index (χ3v) is 6.71. The molecule has 0 radical (unpaired) electrons. The van der Waals surface area contributed by atoms with Crippen LogP contribution in [0.1, 0.15) is 11.1 Å². The molecule has 1 aliphatic carbocycles. The number of rotatable bonds is 2. The maximum Gasteiger partial charge on any atom is 0.0765 e. The molecule has 0 spiro atoms. The van der Waals surface area contributed by atoms with Gasteiger partial charge in [0.15, 0.2) is 0 Å². The molecule has 29 heavy (non-hydrogen) atoms. The summed E-state index contributed by atoms with van der Waals surface area (Å²) in [5.41, 5.74) is 16.5. The van der Waals surface area contributed by atoms with Crippen molar-refractivity contribution >= 4 is 40.2 Å². The standard InChI is InChI=1S/C25H19N3S/c26-17-8-10-19-15(13-17)12-16-14-18(9-11-20(16)19)27-22-5-3-7-24-25(22)28-21-4-1-2-6-23(21)29-24/h1-11,13-14,27-28H,12,26H2. The van der Waals surface area contributed by atoms with Crippen molar-refractivity contribution in [3.05, 3.63) is 90.0 Å². The highest BCUT2D eigenvalue weighted by atomic mass is 32.2. The summed E-state index contributed by atoms with van der Waals surface area (Å²) in [6.07, 6.45) is 0.930. The number of hydrogen-bond donors (Lipinski definition) is 3. The highest BCUT2D eigenvalue weighted by Gasteiger charge is 2.20. The Bertz CT molecular complexity index is 1280. The Kier molecular flexibility index (Phi) is 3.61. The van der Waals surface area contributed by atoms with Gasteiger partial charge in [0.25, 0.3) is 0 Å². The molecule has 4 aromatic carbocycles. The van der Waals surface area contributed by atoms with Gasteiger partial charge in [0.05, 0.1) is 17.1 Å². The van der Waals surface area contributed by atoms with Crippen LogP contribution in [-0.2, 0) is 6.42 Å². The maximum absolute atomic E-state index is 5.98. The first-order valence-electron chi connectivity index (χ1n) is 9.70. The molecule has 1 aliphatic heterocycles. The molecular weight excluding hydrogens is 374 g/mol. The van der Waals surface area contributed by atoms with Crippen LogP contribution in [-0.4, -0.2) is 0 Å². The summed E-state index contributed by atoms with van der Waals surface area (Å²) in [5, 5.41) is 7.24. The van der Waals surface area contributed by atoms with Gasteiger partial charge in [-0.3, -0.25) is 0 Å². The molecule has 2 aliphatic rings. The number of nitrogens with two attached hydrogens (primary N) is 1. The van der Waals surface area contributed by atoms with E-state index in [1.165, 1.54) is 32.0 Å². The first-order valence-corrected chi connectivity index (χ1v) is 10.5. The minimum Gasteiger partial charge on any atom is -0.399 e. The zero-order valence-electron chi connectivity index (χ0n) is 15.7. The fourth-order valence-electron chi connectivity index (χ4n) is 4.23. The zero-order valence-corrected chi connectivity index (χ0v) is 16.5. The lowest BCUT2D eigenvalue weighted by Crippen LogP contribution is -2.03. The molecule has 6 rings (SSSR count). The molecule has 0 bridgehead atoms. The van der Waals surface area contributed by atoms with Gasteiger partial charge >= 0.3 is 0 Å². The van der Waals surface area contributed by atoms with Gasteiger partial charge in [-0.1, -0.05) is 42.1 Å². The van der Waals surface area contributed by atoms with Gasteiger partial charge in [-0.05, 0) is 77.2 Å². The predicted octanol–water partition coefficient (Wildman–Crippen LogP) is 6.79. The molecule has 3 nitrogen and oxygen atoms in total. The smallest absolute Gasteiger partial charge is 0.0765 e. The lowest BCUT2D eigenvalue weighted by atomic mass is 10.0. The lowest BCUT2D eigenvalue weighted by molar-refractivity contribution is 1.26. The zero-order chi connectivity index (χ0) is 19.4. The monoisotopic (exact) mass is 393 g/mol. The van der Waals surface area contributed by atoms with E-state index in [2.05, 4.69) is 83.4 Å². The Morgan fingerprint density at radius 3 is 2.52 bits per heavy atom. The van der Waals surface area contributed by atoms with E-state index in [9.17, 15) is 0 Å². The number of benzene rings is 4. The topological polar surface area (TPSA) is 50.1 Å². The quantitative estimate of drug-likeness (QED) is 0.283. The van der Waals surface area contributed by atoms with Gasteiger partial charge in [-0.15, -0.1) is 0 Å². The third-order valence-electron chi connectivity index (χ3n) is 5.58. The fraction of sp³-hybridized carbons (Fsp3) is 0.0400. The van der Waals surface area contributed by atoms with Crippen molar-refractivity contribution in [2.45, 2.75) is 16.2 Å². The summed E-state index contributed by atoms with van der Waals surface area (Å²) < 4.78 is 0. The number of para-hydroxylation sites is 2. The molecule has 4 N–H and O–H groups in total. The van der Waals surface area contributed by atoms with Crippen LogP contribution >= 0.6 is 11.8 Å². The molecule has 1 heterocycles. The van der Waals surface area contributed by atoms with Crippen molar-refractivity contribution in [1.82, 2.24) is 0 Å². The number of hydrogen-bond acceptors (Lipinski definition) is 4. The molecule has 0 fully saturated rings.